The van der Waals surface area contributed by atoms with E-state index < -0.39 is 0 Å². The van der Waals surface area contributed by atoms with Gasteiger partial charge < -0.3 is 15.2 Å². The van der Waals surface area contributed by atoms with Crippen molar-refractivity contribution in [1.82, 2.24) is 20.8 Å². The van der Waals surface area contributed by atoms with Crippen LogP contribution >= 0.6 is 0 Å². The number of likely N-dealkylation sites (N-methyl/N-ethyl adjacent to an activating group) is 1. The molecule has 0 unspecified atom stereocenters. The van der Waals surface area contributed by atoms with E-state index in [2.05, 4.69) is 20.8 Å². The Morgan fingerprint density at radius 2 is 1.91 bits per heavy atom. The lowest BCUT2D eigenvalue weighted by Gasteiger charge is -2.03. The predicted octanol–water partition coefficient (Wildman–Crippen LogP) is 1.06. The molecule has 2 aromatic rings. The summed E-state index contributed by atoms with van der Waals surface area (Å²) in [6.07, 6.45) is 0.389. The van der Waals surface area contributed by atoms with Crippen molar-refractivity contribution in [3.8, 4) is 11.4 Å². The summed E-state index contributed by atoms with van der Waals surface area (Å²) in [6, 6.07) is 5.70. The van der Waals surface area contributed by atoms with Gasteiger partial charge in [-0.15, -0.1) is 0 Å². The van der Waals surface area contributed by atoms with Crippen molar-refractivity contribution in [1.29, 1.82) is 0 Å². The first-order valence-electron chi connectivity index (χ1n) is 7.20. The Bertz CT molecular complexity index is 670. The minimum atomic E-state index is -0.346. The molecule has 0 aliphatic heterocycles. The highest BCUT2D eigenvalue weighted by Crippen LogP contribution is 2.16. The second kappa shape index (κ2) is 8.02. The van der Waals surface area contributed by atoms with Gasteiger partial charge in [0.2, 0.25) is 23.5 Å². The fraction of sp³-hybridized carbons (Fsp3) is 0.333. The van der Waals surface area contributed by atoms with Crippen LogP contribution in [0.4, 0.5) is 4.39 Å². The summed E-state index contributed by atoms with van der Waals surface area (Å²) in [5.41, 5.74) is 0.627. The first-order valence-corrected chi connectivity index (χ1v) is 7.20. The smallest absolute Gasteiger partial charge is 0.239 e. The van der Waals surface area contributed by atoms with E-state index in [0.29, 0.717) is 23.8 Å². The Balaban J connectivity index is 1.81. The van der Waals surface area contributed by atoms with Gasteiger partial charge in [-0.05, 0) is 31.2 Å². The van der Waals surface area contributed by atoms with Crippen LogP contribution in [-0.4, -0.2) is 35.0 Å². The maximum Gasteiger partial charge on any atom is 0.239 e. The molecule has 122 valence electrons. The number of hydrogen-bond donors (Lipinski definition) is 2. The molecular formula is C15H17FN4O3. The van der Waals surface area contributed by atoms with Crippen LogP contribution in [0.25, 0.3) is 11.4 Å². The Morgan fingerprint density at radius 3 is 2.61 bits per heavy atom. The highest BCUT2D eigenvalue weighted by molar-refractivity contribution is 5.84. The summed E-state index contributed by atoms with van der Waals surface area (Å²) in [5, 5.41) is 8.87. The highest BCUT2D eigenvalue weighted by Gasteiger charge is 2.11. The minimum Gasteiger partial charge on any atom is -0.355 e. The molecule has 0 aliphatic carbocycles. The third-order valence-corrected chi connectivity index (χ3v) is 2.96. The van der Waals surface area contributed by atoms with E-state index in [4.69, 9.17) is 4.52 Å². The average Bonchev–Trinajstić information content (AvgIpc) is 3.01. The van der Waals surface area contributed by atoms with Crippen molar-refractivity contribution >= 4 is 11.8 Å². The lowest BCUT2D eigenvalue weighted by Crippen LogP contribution is -2.36. The zero-order chi connectivity index (χ0) is 16.7. The van der Waals surface area contributed by atoms with Crippen molar-refractivity contribution in [3.05, 3.63) is 36.0 Å². The molecule has 2 rings (SSSR count). The van der Waals surface area contributed by atoms with Crippen LogP contribution in [0.1, 0.15) is 19.2 Å². The summed E-state index contributed by atoms with van der Waals surface area (Å²) in [5.74, 6) is -0.225. The number of halogens is 1. The van der Waals surface area contributed by atoms with E-state index in [9.17, 15) is 14.0 Å². The number of hydrogen-bond acceptors (Lipinski definition) is 5. The molecular weight excluding hydrogens is 303 g/mol. The van der Waals surface area contributed by atoms with Crippen LogP contribution in [0, 0.1) is 5.82 Å². The van der Waals surface area contributed by atoms with Crippen LogP contribution in [0.15, 0.2) is 28.8 Å². The molecule has 2 N–H and O–H groups in total. The molecule has 0 saturated heterocycles. The number of rotatable bonds is 7. The molecule has 2 amide bonds. The van der Waals surface area contributed by atoms with Gasteiger partial charge in [-0.25, -0.2) is 4.39 Å². The molecule has 0 bridgehead atoms. The van der Waals surface area contributed by atoms with E-state index in [-0.39, 0.29) is 37.0 Å². The first-order chi connectivity index (χ1) is 11.1. The maximum atomic E-state index is 12.9. The van der Waals surface area contributed by atoms with Crippen LogP contribution in [0.3, 0.4) is 0 Å². The number of carbonyl (C=O) groups is 2. The summed E-state index contributed by atoms with van der Waals surface area (Å²) >= 11 is 0. The van der Waals surface area contributed by atoms with Gasteiger partial charge in [0, 0.05) is 24.9 Å². The van der Waals surface area contributed by atoms with Gasteiger partial charge in [-0.2, -0.15) is 4.98 Å². The maximum absolute atomic E-state index is 12.9. The Labute approximate surface area is 132 Å². The Hall–Kier alpha value is -2.77. The number of amides is 2. The number of nitrogens with zero attached hydrogens (tertiary/aromatic N) is 2. The van der Waals surface area contributed by atoms with Crippen molar-refractivity contribution in [2.75, 3.05) is 13.1 Å². The van der Waals surface area contributed by atoms with Gasteiger partial charge in [0.05, 0.1) is 6.54 Å². The van der Waals surface area contributed by atoms with Gasteiger partial charge in [0.15, 0.2) is 0 Å². The molecule has 0 fully saturated rings. The predicted molar refractivity (Wildman–Crippen MR) is 79.7 cm³/mol. The molecule has 1 heterocycles. The molecule has 0 spiro atoms. The van der Waals surface area contributed by atoms with E-state index in [1.54, 1.807) is 19.1 Å². The van der Waals surface area contributed by atoms with Crippen LogP contribution in [-0.2, 0) is 16.0 Å². The zero-order valence-corrected chi connectivity index (χ0v) is 12.6. The molecule has 8 heteroatoms. The molecule has 0 radical (unpaired) electrons. The van der Waals surface area contributed by atoms with Crippen LogP contribution in [0.2, 0.25) is 0 Å². The van der Waals surface area contributed by atoms with E-state index in [1.807, 2.05) is 0 Å². The van der Waals surface area contributed by atoms with Crippen molar-refractivity contribution in [2.24, 2.45) is 0 Å². The number of benzene rings is 1. The lowest BCUT2D eigenvalue weighted by molar-refractivity contribution is -0.126. The number of carbonyl (C=O) groups excluding carboxylic acids is 2. The van der Waals surface area contributed by atoms with Gasteiger partial charge in [0.25, 0.3) is 0 Å². The Kier molecular flexibility index (Phi) is 5.79. The highest BCUT2D eigenvalue weighted by atomic mass is 19.1. The number of nitrogens with one attached hydrogen (secondary N) is 2. The standard InChI is InChI=1S/C15H17FN4O3/c1-2-17-13(22)9-18-12(21)7-8-14-19-15(20-23-14)10-3-5-11(16)6-4-10/h3-6H,2,7-9H2,1H3,(H,17,22)(H,18,21). The summed E-state index contributed by atoms with van der Waals surface area (Å²) < 4.78 is 17.9. The zero-order valence-electron chi connectivity index (χ0n) is 12.6. The topological polar surface area (TPSA) is 97.1 Å². The SMILES string of the molecule is CCNC(=O)CNC(=O)CCc1nc(-c2ccc(F)cc2)no1. The van der Waals surface area contributed by atoms with Gasteiger partial charge in [0.1, 0.15) is 5.82 Å². The largest absolute Gasteiger partial charge is 0.355 e. The lowest BCUT2D eigenvalue weighted by atomic mass is 10.2. The second-order valence-electron chi connectivity index (χ2n) is 4.75. The molecule has 0 aliphatic rings. The average molecular weight is 320 g/mol. The summed E-state index contributed by atoms with van der Waals surface area (Å²) in [4.78, 5) is 27.0. The molecule has 0 saturated carbocycles. The number of aryl methyl sites for hydroxylation is 1. The molecule has 1 aromatic heterocycles. The second-order valence-corrected chi connectivity index (χ2v) is 4.75. The van der Waals surface area contributed by atoms with Crippen molar-refractivity contribution < 1.29 is 18.5 Å². The molecule has 23 heavy (non-hydrogen) atoms. The normalized spacial score (nSPS) is 10.3. The first kappa shape index (κ1) is 16.6. The molecule has 7 nitrogen and oxygen atoms in total. The van der Waals surface area contributed by atoms with Crippen molar-refractivity contribution in [2.45, 2.75) is 19.8 Å². The van der Waals surface area contributed by atoms with Crippen LogP contribution in [0.5, 0.6) is 0 Å². The summed E-state index contributed by atoms with van der Waals surface area (Å²) in [6.45, 7) is 2.26. The quantitative estimate of drug-likeness (QED) is 0.795. The summed E-state index contributed by atoms with van der Waals surface area (Å²) in [7, 11) is 0. The molecule has 0 atom stereocenters. The fourth-order valence-electron chi connectivity index (χ4n) is 1.82. The van der Waals surface area contributed by atoms with Gasteiger partial charge in [-0.1, -0.05) is 5.16 Å². The minimum absolute atomic E-state index is 0.0582. The van der Waals surface area contributed by atoms with E-state index in [0.717, 1.165) is 0 Å². The van der Waals surface area contributed by atoms with Gasteiger partial charge >= 0.3 is 0 Å². The number of aromatic nitrogens is 2. The van der Waals surface area contributed by atoms with E-state index >= 15 is 0 Å². The Morgan fingerprint density at radius 1 is 1.17 bits per heavy atom. The van der Waals surface area contributed by atoms with Gasteiger partial charge in [-0.3, -0.25) is 9.59 Å². The fourth-order valence-corrected chi connectivity index (χ4v) is 1.82. The van der Waals surface area contributed by atoms with Crippen molar-refractivity contribution in [3.63, 3.8) is 0 Å². The monoisotopic (exact) mass is 320 g/mol. The molecule has 1 aromatic carbocycles. The third-order valence-electron chi connectivity index (χ3n) is 2.96. The third kappa shape index (κ3) is 5.17. The van der Waals surface area contributed by atoms with Crippen LogP contribution < -0.4 is 10.6 Å². The van der Waals surface area contributed by atoms with E-state index in [1.165, 1.54) is 12.1 Å².